The Labute approximate surface area is 160 Å². The van der Waals surface area contributed by atoms with E-state index in [1.807, 2.05) is 31.4 Å². The maximum absolute atomic E-state index is 14.0. The molecule has 1 N–H and O–H groups in total. The maximum atomic E-state index is 14.0. The monoisotopic (exact) mass is 393 g/mol. The molecule has 2 amide bonds. The Morgan fingerprint density at radius 3 is 2.89 bits per heavy atom. The summed E-state index contributed by atoms with van der Waals surface area (Å²) in [5.41, 5.74) is 1.08. The molecule has 0 saturated heterocycles. The fraction of sp³-hybridized carbons (Fsp3) is 0.368. The van der Waals surface area contributed by atoms with E-state index in [2.05, 4.69) is 10.5 Å². The molecule has 1 atom stereocenters. The van der Waals surface area contributed by atoms with Crippen LogP contribution in [0.15, 0.2) is 40.9 Å². The first-order valence-corrected chi connectivity index (χ1v) is 9.56. The van der Waals surface area contributed by atoms with Gasteiger partial charge in [-0.1, -0.05) is 17.3 Å². The Bertz CT molecular complexity index is 824. The van der Waals surface area contributed by atoms with E-state index in [0.717, 1.165) is 16.7 Å². The molecule has 0 bridgehead atoms. The molecule has 0 fully saturated rings. The Morgan fingerprint density at radius 2 is 2.22 bits per heavy atom. The molecule has 1 aromatic heterocycles. The first-order valence-electron chi connectivity index (χ1n) is 8.68. The molecule has 1 aromatic carbocycles. The van der Waals surface area contributed by atoms with Gasteiger partial charge in [-0.3, -0.25) is 0 Å². The van der Waals surface area contributed by atoms with E-state index >= 15 is 0 Å². The summed E-state index contributed by atoms with van der Waals surface area (Å²) in [4.78, 5) is 20.5. The minimum absolute atomic E-state index is 0.0128. The number of hydrogen-bond acceptors (Lipinski definition) is 4. The lowest BCUT2D eigenvalue weighted by Gasteiger charge is -2.26. The molecule has 1 aliphatic heterocycles. The van der Waals surface area contributed by atoms with Crippen molar-refractivity contribution in [3.8, 4) is 0 Å². The highest BCUT2D eigenvalue weighted by Crippen LogP contribution is 2.22. The van der Waals surface area contributed by atoms with Crippen LogP contribution in [0.1, 0.15) is 30.7 Å². The third-order valence-electron chi connectivity index (χ3n) is 4.04. The Morgan fingerprint density at radius 1 is 1.41 bits per heavy atom. The van der Waals surface area contributed by atoms with Crippen LogP contribution in [0.2, 0.25) is 0 Å². The van der Waals surface area contributed by atoms with E-state index in [1.54, 1.807) is 11.3 Å². The van der Waals surface area contributed by atoms with Gasteiger partial charge in [-0.05, 0) is 31.4 Å². The fourth-order valence-corrected chi connectivity index (χ4v) is 3.49. The summed E-state index contributed by atoms with van der Waals surface area (Å²) in [5.74, 6) is -1.33. The summed E-state index contributed by atoms with van der Waals surface area (Å²) in [7, 11) is 0. The lowest BCUT2D eigenvalue weighted by molar-refractivity contribution is 0.0584. The van der Waals surface area contributed by atoms with Crippen LogP contribution < -0.4 is 5.32 Å². The third kappa shape index (κ3) is 5.03. The summed E-state index contributed by atoms with van der Waals surface area (Å²) in [6, 6.07) is 6.85. The van der Waals surface area contributed by atoms with Crippen molar-refractivity contribution >= 4 is 23.1 Å². The summed E-state index contributed by atoms with van der Waals surface area (Å²) < 4.78 is 27.2. The normalized spacial score (nSPS) is 16.2. The molecule has 144 valence electrons. The number of carbonyl (C=O) groups is 1. The topological polar surface area (TPSA) is 53.9 Å². The summed E-state index contributed by atoms with van der Waals surface area (Å²) in [6.45, 7) is 3.95. The SMILES string of the molecule is CC(C)NC(=O)N(Cc1ccc(F)cc1F)C[C@H]1CC(c2cccs2)=NO1. The van der Waals surface area contributed by atoms with Gasteiger partial charge in [0.2, 0.25) is 0 Å². The minimum Gasteiger partial charge on any atom is -0.390 e. The molecule has 0 saturated carbocycles. The molecule has 0 radical (unpaired) electrons. The van der Waals surface area contributed by atoms with Crippen LogP contribution in [0.25, 0.3) is 0 Å². The number of thiophene rings is 1. The zero-order chi connectivity index (χ0) is 19.4. The van der Waals surface area contributed by atoms with Crippen molar-refractivity contribution in [2.45, 2.75) is 39.0 Å². The van der Waals surface area contributed by atoms with Crippen molar-refractivity contribution < 1.29 is 18.4 Å². The van der Waals surface area contributed by atoms with E-state index in [0.29, 0.717) is 6.42 Å². The third-order valence-corrected chi connectivity index (χ3v) is 4.96. The highest BCUT2D eigenvalue weighted by molar-refractivity contribution is 7.12. The number of amides is 2. The number of carbonyl (C=O) groups excluding carboxylic acids is 1. The number of nitrogens with zero attached hydrogens (tertiary/aromatic N) is 2. The van der Waals surface area contributed by atoms with Crippen molar-refractivity contribution in [1.29, 1.82) is 0 Å². The van der Waals surface area contributed by atoms with Crippen LogP contribution in [0.4, 0.5) is 13.6 Å². The molecular weight excluding hydrogens is 372 g/mol. The lowest BCUT2D eigenvalue weighted by atomic mass is 10.1. The second-order valence-corrected chi connectivity index (χ2v) is 7.61. The molecule has 0 unspecified atom stereocenters. The molecule has 1 aliphatic rings. The number of hydrogen-bond donors (Lipinski definition) is 1. The predicted molar refractivity (Wildman–Crippen MR) is 101 cm³/mol. The quantitative estimate of drug-likeness (QED) is 0.802. The largest absolute Gasteiger partial charge is 0.390 e. The highest BCUT2D eigenvalue weighted by Gasteiger charge is 2.28. The predicted octanol–water partition coefficient (Wildman–Crippen LogP) is 4.14. The van der Waals surface area contributed by atoms with E-state index in [-0.39, 0.29) is 36.8 Å². The Hall–Kier alpha value is -2.48. The maximum Gasteiger partial charge on any atom is 0.318 e. The summed E-state index contributed by atoms with van der Waals surface area (Å²) >= 11 is 1.57. The summed E-state index contributed by atoms with van der Waals surface area (Å²) in [6.07, 6.45) is 0.251. The van der Waals surface area contributed by atoms with Crippen molar-refractivity contribution in [2.24, 2.45) is 5.16 Å². The van der Waals surface area contributed by atoms with Gasteiger partial charge in [0.1, 0.15) is 17.3 Å². The van der Waals surface area contributed by atoms with Gasteiger partial charge in [0.15, 0.2) is 6.10 Å². The van der Waals surface area contributed by atoms with Gasteiger partial charge in [0.25, 0.3) is 0 Å². The van der Waals surface area contributed by atoms with Crippen molar-refractivity contribution in [3.63, 3.8) is 0 Å². The van der Waals surface area contributed by atoms with Gasteiger partial charge in [-0.15, -0.1) is 11.3 Å². The van der Waals surface area contributed by atoms with Gasteiger partial charge in [-0.2, -0.15) is 0 Å². The first-order chi connectivity index (χ1) is 12.9. The molecule has 0 spiro atoms. The van der Waals surface area contributed by atoms with Gasteiger partial charge in [0.05, 0.1) is 18.0 Å². The van der Waals surface area contributed by atoms with Crippen molar-refractivity contribution in [1.82, 2.24) is 10.2 Å². The second-order valence-electron chi connectivity index (χ2n) is 6.67. The molecule has 8 heteroatoms. The number of rotatable bonds is 6. The van der Waals surface area contributed by atoms with Crippen LogP contribution in [-0.2, 0) is 11.4 Å². The Balaban J connectivity index is 1.70. The van der Waals surface area contributed by atoms with Gasteiger partial charge >= 0.3 is 6.03 Å². The lowest BCUT2D eigenvalue weighted by Crippen LogP contribution is -2.45. The smallest absolute Gasteiger partial charge is 0.318 e. The van der Waals surface area contributed by atoms with Crippen LogP contribution in [0.3, 0.4) is 0 Å². The first kappa shape index (κ1) is 19.3. The van der Waals surface area contributed by atoms with E-state index in [1.165, 1.54) is 17.0 Å². The standard InChI is InChI=1S/C19H21F2N3O2S/c1-12(2)22-19(25)24(10-13-5-6-14(20)8-16(13)21)11-15-9-17(23-26-15)18-4-3-7-27-18/h3-8,12,15H,9-11H2,1-2H3,(H,22,25)/t15-/m1/s1. The van der Waals surface area contributed by atoms with Gasteiger partial charge in [0, 0.05) is 24.1 Å². The van der Waals surface area contributed by atoms with Crippen molar-refractivity contribution in [3.05, 3.63) is 57.8 Å². The van der Waals surface area contributed by atoms with Gasteiger partial charge < -0.3 is 15.1 Å². The highest BCUT2D eigenvalue weighted by atomic mass is 32.1. The van der Waals surface area contributed by atoms with Crippen LogP contribution in [0.5, 0.6) is 0 Å². The van der Waals surface area contributed by atoms with E-state index < -0.39 is 11.6 Å². The summed E-state index contributed by atoms with van der Waals surface area (Å²) in [5, 5.41) is 8.88. The van der Waals surface area contributed by atoms with E-state index in [9.17, 15) is 13.6 Å². The van der Waals surface area contributed by atoms with Crippen LogP contribution in [0, 0.1) is 11.6 Å². The van der Waals surface area contributed by atoms with Gasteiger partial charge in [-0.25, -0.2) is 13.6 Å². The zero-order valence-electron chi connectivity index (χ0n) is 15.1. The molecule has 2 aromatic rings. The second kappa shape index (κ2) is 8.47. The molecule has 3 rings (SSSR count). The molecular formula is C19H21F2N3O2S. The number of urea groups is 1. The molecule has 5 nitrogen and oxygen atoms in total. The number of halogens is 2. The fourth-order valence-electron chi connectivity index (χ4n) is 2.77. The average Bonchev–Trinajstić information content (AvgIpc) is 3.27. The molecule has 0 aliphatic carbocycles. The Kier molecular flexibility index (Phi) is 6.05. The molecule has 2 heterocycles. The zero-order valence-corrected chi connectivity index (χ0v) is 15.9. The molecule has 27 heavy (non-hydrogen) atoms. The van der Waals surface area contributed by atoms with E-state index in [4.69, 9.17) is 4.84 Å². The minimum atomic E-state index is -0.680. The van der Waals surface area contributed by atoms with Crippen LogP contribution in [-0.4, -0.2) is 35.3 Å². The van der Waals surface area contributed by atoms with Crippen LogP contribution >= 0.6 is 11.3 Å². The number of nitrogens with one attached hydrogen (secondary N) is 1. The van der Waals surface area contributed by atoms with Crippen molar-refractivity contribution in [2.75, 3.05) is 6.54 Å². The number of benzene rings is 1. The average molecular weight is 393 g/mol. The number of oxime groups is 1.